The Balaban J connectivity index is 2.36. The van der Waals surface area contributed by atoms with Crippen LogP contribution in [0.1, 0.15) is 61.4 Å². The van der Waals surface area contributed by atoms with Crippen molar-refractivity contribution in [3.8, 4) is 5.75 Å². The molecule has 0 amide bonds. The highest BCUT2D eigenvalue weighted by Crippen LogP contribution is 2.28. The molecule has 27 heavy (non-hydrogen) atoms. The molecular formula is C24H32O3. The van der Waals surface area contributed by atoms with Crippen molar-refractivity contribution in [1.29, 1.82) is 0 Å². The molecule has 0 bridgehead atoms. The Hall–Kier alpha value is -2.29. The molecule has 2 aromatic carbocycles. The fraction of sp³-hybridized carbons (Fsp3) is 0.458. The van der Waals surface area contributed by atoms with Gasteiger partial charge in [0.2, 0.25) is 5.60 Å². The number of hydrogen-bond acceptors (Lipinski definition) is 3. The molecule has 0 radical (unpaired) electrons. The van der Waals surface area contributed by atoms with Crippen LogP contribution in [0.15, 0.2) is 36.4 Å². The Bertz CT molecular complexity index is 767. The van der Waals surface area contributed by atoms with Crippen molar-refractivity contribution in [2.45, 2.75) is 66.4 Å². The molecule has 146 valence electrons. The quantitative estimate of drug-likeness (QED) is 0.590. The number of carbonyl (C=O) groups excluding carboxylic acids is 1. The third kappa shape index (κ3) is 5.12. The minimum Gasteiger partial charge on any atom is -0.476 e. The van der Waals surface area contributed by atoms with Crippen LogP contribution in [0.3, 0.4) is 0 Å². The predicted molar refractivity (Wildman–Crippen MR) is 111 cm³/mol. The van der Waals surface area contributed by atoms with Crippen molar-refractivity contribution in [2.24, 2.45) is 0 Å². The Morgan fingerprint density at radius 3 is 2.07 bits per heavy atom. The van der Waals surface area contributed by atoms with E-state index in [0.717, 1.165) is 5.56 Å². The third-order valence-corrected chi connectivity index (χ3v) is 4.95. The molecule has 0 N–H and O–H groups in total. The summed E-state index contributed by atoms with van der Waals surface area (Å²) in [7, 11) is 0. The summed E-state index contributed by atoms with van der Waals surface area (Å²) in [6.07, 6.45) is 0.468. The van der Waals surface area contributed by atoms with Crippen LogP contribution in [-0.2, 0) is 16.0 Å². The van der Waals surface area contributed by atoms with Crippen molar-refractivity contribution < 1.29 is 14.3 Å². The molecule has 1 unspecified atom stereocenters. The smallest absolute Gasteiger partial charge is 0.350 e. The average Bonchev–Trinajstić information content (AvgIpc) is 2.59. The summed E-state index contributed by atoms with van der Waals surface area (Å²) in [5.41, 5.74) is 4.85. The maximum absolute atomic E-state index is 12.8. The van der Waals surface area contributed by atoms with Crippen molar-refractivity contribution in [1.82, 2.24) is 0 Å². The lowest BCUT2D eigenvalue weighted by molar-refractivity contribution is -0.160. The van der Waals surface area contributed by atoms with E-state index in [4.69, 9.17) is 9.47 Å². The number of rotatable bonds is 7. The van der Waals surface area contributed by atoms with E-state index >= 15 is 0 Å². The largest absolute Gasteiger partial charge is 0.476 e. The first-order chi connectivity index (χ1) is 12.7. The lowest BCUT2D eigenvalue weighted by atomic mass is 9.89. The van der Waals surface area contributed by atoms with Gasteiger partial charge in [-0.1, -0.05) is 43.7 Å². The molecule has 2 aromatic rings. The van der Waals surface area contributed by atoms with Gasteiger partial charge in [-0.05, 0) is 74.9 Å². The second kappa shape index (κ2) is 8.60. The highest BCUT2D eigenvalue weighted by atomic mass is 16.6. The van der Waals surface area contributed by atoms with Crippen LogP contribution in [0.2, 0.25) is 0 Å². The normalized spacial score (nSPS) is 13.3. The van der Waals surface area contributed by atoms with Crippen LogP contribution >= 0.6 is 0 Å². The summed E-state index contributed by atoms with van der Waals surface area (Å²) in [6, 6.07) is 12.3. The van der Waals surface area contributed by atoms with Crippen LogP contribution in [0.25, 0.3) is 0 Å². The van der Waals surface area contributed by atoms with Gasteiger partial charge in [-0.25, -0.2) is 4.79 Å². The topological polar surface area (TPSA) is 35.5 Å². The minimum atomic E-state index is -1.08. The van der Waals surface area contributed by atoms with Gasteiger partial charge >= 0.3 is 5.97 Å². The number of benzene rings is 2. The van der Waals surface area contributed by atoms with E-state index < -0.39 is 5.60 Å². The van der Waals surface area contributed by atoms with E-state index in [1.54, 1.807) is 0 Å². The fourth-order valence-corrected chi connectivity index (χ4v) is 3.44. The van der Waals surface area contributed by atoms with Gasteiger partial charge in [0.25, 0.3) is 0 Å². The van der Waals surface area contributed by atoms with Gasteiger partial charge in [0.1, 0.15) is 5.75 Å². The molecule has 0 fully saturated rings. The van der Waals surface area contributed by atoms with Crippen molar-refractivity contribution in [2.75, 3.05) is 6.61 Å². The zero-order valence-corrected chi connectivity index (χ0v) is 17.7. The standard InChI is InChI=1S/C24H32O3/c1-8-26-23(25)24(7,15-22-18(5)13-17(4)14-19(22)6)27-21-11-9-20(10-12-21)16(2)3/h9-14,16H,8,15H2,1-7H3. The molecule has 0 aliphatic rings. The molecule has 0 heterocycles. The van der Waals surface area contributed by atoms with E-state index in [1.807, 2.05) is 38.1 Å². The number of esters is 1. The molecule has 0 spiro atoms. The summed E-state index contributed by atoms with van der Waals surface area (Å²) in [6.45, 7) is 14.5. The minimum absolute atomic E-state index is 0.329. The van der Waals surface area contributed by atoms with Gasteiger partial charge in [0.05, 0.1) is 6.61 Å². The summed E-state index contributed by atoms with van der Waals surface area (Å²) in [5, 5.41) is 0. The Morgan fingerprint density at radius 2 is 1.59 bits per heavy atom. The maximum atomic E-state index is 12.8. The van der Waals surface area contributed by atoms with Gasteiger partial charge in [0.15, 0.2) is 0 Å². The SMILES string of the molecule is CCOC(=O)C(C)(Cc1c(C)cc(C)cc1C)Oc1ccc(C(C)C)cc1. The molecule has 0 saturated carbocycles. The van der Waals surface area contributed by atoms with Crippen LogP contribution in [0.5, 0.6) is 5.75 Å². The molecule has 0 aromatic heterocycles. The molecule has 0 aliphatic heterocycles. The summed E-state index contributed by atoms with van der Waals surface area (Å²) in [5.74, 6) is 0.794. The Labute approximate surface area is 163 Å². The zero-order valence-electron chi connectivity index (χ0n) is 17.7. The van der Waals surface area contributed by atoms with Crippen molar-refractivity contribution in [3.63, 3.8) is 0 Å². The van der Waals surface area contributed by atoms with Crippen LogP contribution in [0.4, 0.5) is 0 Å². The van der Waals surface area contributed by atoms with Gasteiger partial charge in [-0.2, -0.15) is 0 Å². The van der Waals surface area contributed by atoms with E-state index in [-0.39, 0.29) is 5.97 Å². The average molecular weight is 369 g/mol. The molecule has 1 atom stereocenters. The van der Waals surface area contributed by atoms with E-state index in [2.05, 4.69) is 46.8 Å². The first-order valence-corrected chi connectivity index (χ1v) is 9.69. The van der Waals surface area contributed by atoms with Crippen LogP contribution in [0, 0.1) is 20.8 Å². The van der Waals surface area contributed by atoms with Crippen LogP contribution < -0.4 is 4.74 Å². The molecule has 3 heteroatoms. The van der Waals surface area contributed by atoms with Gasteiger partial charge in [0, 0.05) is 6.42 Å². The predicted octanol–water partition coefficient (Wildman–Crippen LogP) is 5.68. The van der Waals surface area contributed by atoms with E-state index in [0.29, 0.717) is 24.7 Å². The lowest BCUT2D eigenvalue weighted by Gasteiger charge is -2.30. The summed E-state index contributed by atoms with van der Waals surface area (Å²) >= 11 is 0. The molecule has 3 nitrogen and oxygen atoms in total. The Kier molecular flexibility index (Phi) is 6.69. The van der Waals surface area contributed by atoms with E-state index in [1.165, 1.54) is 22.3 Å². The molecule has 2 rings (SSSR count). The first kappa shape index (κ1) is 21.0. The second-order valence-corrected chi connectivity index (χ2v) is 7.83. The van der Waals surface area contributed by atoms with Gasteiger partial charge in [-0.15, -0.1) is 0 Å². The Morgan fingerprint density at radius 1 is 1.04 bits per heavy atom. The molecule has 0 saturated heterocycles. The van der Waals surface area contributed by atoms with Crippen LogP contribution in [-0.4, -0.2) is 18.2 Å². The third-order valence-electron chi connectivity index (χ3n) is 4.95. The highest BCUT2D eigenvalue weighted by molar-refractivity contribution is 5.80. The number of carbonyl (C=O) groups is 1. The highest BCUT2D eigenvalue weighted by Gasteiger charge is 2.38. The number of ether oxygens (including phenoxy) is 2. The van der Waals surface area contributed by atoms with E-state index in [9.17, 15) is 4.79 Å². The summed E-state index contributed by atoms with van der Waals surface area (Å²) < 4.78 is 11.6. The second-order valence-electron chi connectivity index (χ2n) is 7.83. The monoisotopic (exact) mass is 368 g/mol. The van der Waals surface area contributed by atoms with Gasteiger partial charge in [-0.3, -0.25) is 0 Å². The zero-order chi connectivity index (χ0) is 20.2. The lowest BCUT2D eigenvalue weighted by Crippen LogP contribution is -2.45. The number of hydrogen-bond donors (Lipinski definition) is 0. The van der Waals surface area contributed by atoms with Crippen molar-refractivity contribution in [3.05, 3.63) is 64.2 Å². The summed E-state index contributed by atoms with van der Waals surface area (Å²) in [4.78, 5) is 12.8. The van der Waals surface area contributed by atoms with Gasteiger partial charge < -0.3 is 9.47 Å². The fourth-order valence-electron chi connectivity index (χ4n) is 3.44. The molecule has 0 aliphatic carbocycles. The number of aryl methyl sites for hydroxylation is 3. The maximum Gasteiger partial charge on any atom is 0.350 e. The first-order valence-electron chi connectivity index (χ1n) is 9.69. The molecular weight excluding hydrogens is 336 g/mol. The van der Waals surface area contributed by atoms with Crippen molar-refractivity contribution >= 4 is 5.97 Å².